The van der Waals surface area contributed by atoms with E-state index in [0.717, 1.165) is 17.8 Å². The van der Waals surface area contributed by atoms with E-state index in [2.05, 4.69) is 42.1 Å². The number of nitrogens with one attached hydrogen (secondary N) is 1. The molecule has 1 aromatic heterocycles. The molecule has 1 heterocycles. The van der Waals surface area contributed by atoms with Gasteiger partial charge in [0.1, 0.15) is 6.33 Å². The second-order valence-electron chi connectivity index (χ2n) is 3.98. The van der Waals surface area contributed by atoms with Gasteiger partial charge in [0.05, 0.1) is 0 Å². The first-order valence-corrected chi connectivity index (χ1v) is 5.11. The second kappa shape index (κ2) is 5.05. The molecule has 0 saturated heterocycles. The summed E-state index contributed by atoms with van der Waals surface area (Å²) in [6.07, 6.45) is 2.62. The minimum Gasteiger partial charge on any atom is -0.317 e. The lowest BCUT2D eigenvalue weighted by Gasteiger charge is -2.10. The first-order valence-electron chi connectivity index (χ1n) is 5.11. The maximum absolute atomic E-state index is 4.26. The van der Waals surface area contributed by atoms with Gasteiger partial charge in [-0.2, -0.15) is 0 Å². The fourth-order valence-corrected chi connectivity index (χ4v) is 1.26. The molecule has 3 heteroatoms. The summed E-state index contributed by atoms with van der Waals surface area (Å²) in [7, 11) is 1.97. The fraction of sp³-hybridized carbons (Fsp3) is 0.636. The molecule has 1 rings (SSSR count). The zero-order chi connectivity index (χ0) is 10.6. The summed E-state index contributed by atoms with van der Waals surface area (Å²) in [5, 5.41) is 3.20. The molecule has 3 nitrogen and oxygen atoms in total. The average Bonchev–Trinajstić information content (AvgIpc) is 2.18. The molecule has 0 radical (unpaired) electrons. The van der Waals surface area contributed by atoms with Crippen LogP contribution in [0.15, 0.2) is 12.4 Å². The van der Waals surface area contributed by atoms with Gasteiger partial charge < -0.3 is 5.32 Å². The van der Waals surface area contributed by atoms with Gasteiger partial charge >= 0.3 is 0 Å². The van der Waals surface area contributed by atoms with Crippen LogP contribution < -0.4 is 5.32 Å². The van der Waals surface area contributed by atoms with Crippen molar-refractivity contribution in [1.82, 2.24) is 15.3 Å². The lowest BCUT2D eigenvalue weighted by molar-refractivity contribution is 0.598. The van der Waals surface area contributed by atoms with Gasteiger partial charge in [-0.3, -0.25) is 0 Å². The van der Waals surface area contributed by atoms with Crippen LogP contribution in [0, 0.1) is 0 Å². The van der Waals surface area contributed by atoms with Crippen LogP contribution in [0.4, 0.5) is 0 Å². The number of hydrogen-bond acceptors (Lipinski definition) is 3. The Morgan fingerprint density at radius 1 is 1.29 bits per heavy atom. The van der Waals surface area contributed by atoms with Crippen LogP contribution in [0.25, 0.3) is 0 Å². The summed E-state index contributed by atoms with van der Waals surface area (Å²) >= 11 is 0. The Kier molecular flexibility index (Phi) is 4.01. The van der Waals surface area contributed by atoms with Crippen LogP contribution in [0.3, 0.4) is 0 Å². The van der Waals surface area contributed by atoms with E-state index < -0.39 is 0 Å². The molecule has 14 heavy (non-hydrogen) atoms. The summed E-state index contributed by atoms with van der Waals surface area (Å²) in [5.74, 6) is 0.474. The Morgan fingerprint density at radius 2 is 2.00 bits per heavy atom. The Bertz CT molecular complexity index is 284. The standard InChI is InChI=1S/C11H19N3/c1-8(2)11-6-10(13-7-14-11)5-9(3)12-4/h6-9,12H,5H2,1-4H3. The van der Waals surface area contributed by atoms with Gasteiger partial charge in [0, 0.05) is 23.9 Å². The zero-order valence-electron chi connectivity index (χ0n) is 9.41. The van der Waals surface area contributed by atoms with Crippen molar-refractivity contribution in [3.63, 3.8) is 0 Å². The van der Waals surface area contributed by atoms with Gasteiger partial charge in [0.25, 0.3) is 0 Å². The summed E-state index contributed by atoms with van der Waals surface area (Å²) in [4.78, 5) is 8.50. The highest BCUT2D eigenvalue weighted by Gasteiger charge is 2.05. The van der Waals surface area contributed by atoms with E-state index in [1.165, 1.54) is 0 Å². The Labute approximate surface area is 86.0 Å². The molecule has 1 unspecified atom stereocenters. The molecule has 0 aliphatic heterocycles. The van der Waals surface area contributed by atoms with E-state index in [4.69, 9.17) is 0 Å². The maximum Gasteiger partial charge on any atom is 0.115 e. The van der Waals surface area contributed by atoms with Gasteiger partial charge in [-0.1, -0.05) is 13.8 Å². The third-order valence-electron chi connectivity index (χ3n) is 2.34. The zero-order valence-corrected chi connectivity index (χ0v) is 9.41. The van der Waals surface area contributed by atoms with Crippen LogP contribution in [-0.4, -0.2) is 23.1 Å². The minimum absolute atomic E-state index is 0.463. The molecule has 0 aliphatic carbocycles. The lowest BCUT2D eigenvalue weighted by atomic mass is 10.1. The first-order chi connectivity index (χ1) is 6.63. The Hall–Kier alpha value is -0.960. The topological polar surface area (TPSA) is 37.8 Å². The smallest absolute Gasteiger partial charge is 0.115 e. The van der Waals surface area contributed by atoms with E-state index in [9.17, 15) is 0 Å². The van der Waals surface area contributed by atoms with Crippen LogP contribution in [0.2, 0.25) is 0 Å². The van der Waals surface area contributed by atoms with E-state index in [1.807, 2.05) is 7.05 Å². The van der Waals surface area contributed by atoms with Crippen LogP contribution in [-0.2, 0) is 6.42 Å². The third kappa shape index (κ3) is 3.07. The lowest BCUT2D eigenvalue weighted by Crippen LogP contribution is -2.24. The quantitative estimate of drug-likeness (QED) is 0.791. The van der Waals surface area contributed by atoms with Crippen molar-refractivity contribution in [3.05, 3.63) is 23.8 Å². The monoisotopic (exact) mass is 193 g/mol. The summed E-state index contributed by atoms with van der Waals surface area (Å²) in [6, 6.07) is 2.56. The molecule has 1 aromatic rings. The number of hydrogen-bond donors (Lipinski definition) is 1. The van der Waals surface area contributed by atoms with Crippen LogP contribution in [0.1, 0.15) is 38.1 Å². The van der Waals surface area contributed by atoms with Crippen molar-refractivity contribution in [1.29, 1.82) is 0 Å². The third-order valence-corrected chi connectivity index (χ3v) is 2.34. The molecule has 78 valence electrons. The molecule has 0 spiro atoms. The predicted molar refractivity (Wildman–Crippen MR) is 58.3 cm³/mol. The van der Waals surface area contributed by atoms with Crippen molar-refractivity contribution < 1.29 is 0 Å². The molecular weight excluding hydrogens is 174 g/mol. The normalized spacial score (nSPS) is 13.2. The molecule has 0 aromatic carbocycles. The van der Waals surface area contributed by atoms with Crippen molar-refractivity contribution in [2.75, 3.05) is 7.05 Å². The highest BCUT2D eigenvalue weighted by atomic mass is 14.9. The van der Waals surface area contributed by atoms with E-state index in [1.54, 1.807) is 6.33 Å². The summed E-state index contributed by atoms with van der Waals surface area (Å²) in [6.45, 7) is 6.44. The Morgan fingerprint density at radius 3 is 2.57 bits per heavy atom. The van der Waals surface area contributed by atoms with Crippen molar-refractivity contribution in [2.24, 2.45) is 0 Å². The molecule has 1 N–H and O–H groups in total. The van der Waals surface area contributed by atoms with E-state index >= 15 is 0 Å². The van der Waals surface area contributed by atoms with Crippen LogP contribution in [0.5, 0.6) is 0 Å². The fourth-order valence-electron chi connectivity index (χ4n) is 1.26. The van der Waals surface area contributed by atoms with Crippen molar-refractivity contribution >= 4 is 0 Å². The molecular formula is C11H19N3. The summed E-state index contributed by atoms with van der Waals surface area (Å²) < 4.78 is 0. The molecule has 0 saturated carbocycles. The largest absolute Gasteiger partial charge is 0.317 e. The minimum atomic E-state index is 0.463. The molecule has 0 fully saturated rings. The number of rotatable bonds is 4. The molecule has 1 atom stereocenters. The SMILES string of the molecule is CNC(C)Cc1cc(C(C)C)ncn1. The molecule has 0 bridgehead atoms. The van der Waals surface area contributed by atoms with Gasteiger partial charge in [-0.05, 0) is 26.0 Å². The van der Waals surface area contributed by atoms with Gasteiger partial charge in [-0.25, -0.2) is 9.97 Å². The number of nitrogens with zero attached hydrogens (tertiary/aromatic N) is 2. The van der Waals surface area contributed by atoms with Gasteiger partial charge in [-0.15, -0.1) is 0 Å². The number of aromatic nitrogens is 2. The maximum atomic E-state index is 4.26. The van der Waals surface area contributed by atoms with Gasteiger partial charge in [0.15, 0.2) is 0 Å². The van der Waals surface area contributed by atoms with Crippen molar-refractivity contribution in [2.45, 2.75) is 39.2 Å². The van der Waals surface area contributed by atoms with E-state index in [0.29, 0.717) is 12.0 Å². The Balaban J connectivity index is 2.73. The highest BCUT2D eigenvalue weighted by molar-refractivity contribution is 5.12. The van der Waals surface area contributed by atoms with Crippen molar-refractivity contribution in [3.8, 4) is 0 Å². The highest BCUT2D eigenvalue weighted by Crippen LogP contribution is 2.11. The molecule has 0 amide bonds. The van der Waals surface area contributed by atoms with Crippen LogP contribution >= 0.6 is 0 Å². The predicted octanol–water partition coefficient (Wildman–Crippen LogP) is 1.75. The first kappa shape index (κ1) is 11.1. The summed E-state index contributed by atoms with van der Waals surface area (Å²) in [5.41, 5.74) is 2.24. The number of likely N-dealkylation sites (N-methyl/N-ethyl adjacent to an activating group) is 1. The average molecular weight is 193 g/mol. The van der Waals surface area contributed by atoms with Gasteiger partial charge in [0.2, 0.25) is 0 Å². The second-order valence-corrected chi connectivity index (χ2v) is 3.98. The van der Waals surface area contributed by atoms with E-state index in [-0.39, 0.29) is 0 Å². The molecule has 0 aliphatic rings.